The molecule has 5 heteroatoms. The van der Waals surface area contributed by atoms with Crippen LogP contribution in [0.5, 0.6) is 0 Å². The van der Waals surface area contributed by atoms with Gasteiger partial charge in [-0.05, 0) is 65.5 Å². The molecular weight excluding hydrogens is 450 g/mol. The number of carbonyl (C=O) groups is 1. The molecule has 0 aliphatic carbocycles. The topological polar surface area (TPSA) is 48.0 Å². The number of hydrogen-bond donors (Lipinski definition) is 0. The average Bonchev–Trinajstić information content (AvgIpc) is 2.87. The van der Waals surface area contributed by atoms with Crippen LogP contribution in [0, 0.1) is 0 Å². The van der Waals surface area contributed by atoms with Crippen molar-refractivity contribution in [2.45, 2.75) is 122 Å². The van der Waals surface area contributed by atoms with Crippen LogP contribution in [0.2, 0.25) is 0 Å². The lowest BCUT2D eigenvalue weighted by Gasteiger charge is -2.24. The Labute approximate surface area is 224 Å². The Kier molecular flexibility index (Phi) is 27.5. The molecule has 0 fully saturated rings. The summed E-state index contributed by atoms with van der Waals surface area (Å²) in [4.78, 5) is 13.3. The zero-order chi connectivity index (χ0) is 26.5. The van der Waals surface area contributed by atoms with Gasteiger partial charge in [0.05, 0.1) is 26.4 Å². The molecule has 1 unspecified atom stereocenters. The number of nitrogens with zero attached hydrogens (tertiary/aromatic N) is 1. The van der Waals surface area contributed by atoms with Gasteiger partial charge in [-0.25, -0.2) is 0 Å². The van der Waals surface area contributed by atoms with Gasteiger partial charge in [0.1, 0.15) is 0 Å². The molecule has 0 heterocycles. The fourth-order valence-electron chi connectivity index (χ4n) is 3.91. The quantitative estimate of drug-likeness (QED) is 0.0640. The SMILES string of the molecule is CCCCCC=CCC=CCCCCCCCCOCC(COCCCCCCC(=O)OC)N(C)C. The molecular formula is C31H59NO4. The van der Waals surface area contributed by atoms with E-state index in [9.17, 15) is 4.79 Å². The Morgan fingerprint density at radius 1 is 0.694 bits per heavy atom. The van der Waals surface area contributed by atoms with Crippen LogP contribution in [-0.2, 0) is 19.0 Å². The lowest BCUT2D eigenvalue weighted by atomic mass is 10.1. The molecule has 0 N–H and O–H groups in total. The fourth-order valence-corrected chi connectivity index (χ4v) is 3.91. The molecule has 0 aromatic rings. The van der Waals surface area contributed by atoms with Gasteiger partial charge in [0.2, 0.25) is 0 Å². The molecule has 36 heavy (non-hydrogen) atoms. The van der Waals surface area contributed by atoms with Crippen LogP contribution in [0.25, 0.3) is 0 Å². The fraction of sp³-hybridized carbons (Fsp3) is 0.839. The molecule has 0 spiro atoms. The van der Waals surface area contributed by atoms with Gasteiger partial charge in [-0.3, -0.25) is 4.79 Å². The Morgan fingerprint density at radius 3 is 1.72 bits per heavy atom. The number of ether oxygens (including phenoxy) is 3. The van der Waals surface area contributed by atoms with E-state index < -0.39 is 0 Å². The Balaban J connectivity index is 3.48. The second-order valence-electron chi connectivity index (χ2n) is 10.1. The Bertz CT molecular complexity index is 519. The number of likely N-dealkylation sites (N-methyl/N-ethyl adjacent to an activating group) is 1. The molecule has 0 aliphatic rings. The molecule has 1 atom stereocenters. The molecule has 0 aromatic carbocycles. The first-order valence-corrected chi connectivity index (χ1v) is 14.8. The van der Waals surface area contributed by atoms with E-state index in [1.807, 2.05) is 0 Å². The molecule has 0 aromatic heterocycles. The van der Waals surface area contributed by atoms with Crippen molar-refractivity contribution in [1.29, 1.82) is 0 Å². The summed E-state index contributed by atoms with van der Waals surface area (Å²) in [6, 6.07) is 0.300. The number of hydrogen-bond acceptors (Lipinski definition) is 5. The van der Waals surface area contributed by atoms with Gasteiger partial charge in [-0.15, -0.1) is 0 Å². The van der Waals surface area contributed by atoms with Crippen LogP contribution in [0.1, 0.15) is 116 Å². The number of allylic oxidation sites excluding steroid dienone is 4. The summed E-state index contributed by atoms with van der Waals surface area (Å²) in [6.07, 6.45) is 29.1. The standard InChI is InChI=1S/C31H59NO4/c1-5-6-7-8-9-10-11-12-13-14-15-16-17-18-20-23-26-35-28-30(32(2)3)29-36-27-24-21-19-22-25-31(33)34-4/h9-10,12-13,30H,5-8,11,14-29H2,1-4H3. The maximum absolute atomic E-state index is 11.1. The smallest absolute Gasteiger partial charge is 0.305 e. The van der Waals surface area contributed by atoms with Gasteiger partial charge in [-0.2, -0.15) is 0 Å². The zero-order valence-electron chi connectivity index (χ0n) is 24.3. The average molecular weight is 510 g/mol. The minimum absolute atomic E-state index is 0.115. The predicted molar refractivity (Wildman–Crippen MR) is 154 cm³/mol. The Hall–Kier alpha value is -1.17. The predicted octanol–water partition coefficient (Wildman–Crippen LogP) is 7.89. The van der Waals surface area contributed by atoms with Crippen molar-refractivity contribution < 1.29 is 19.0 Å². The lowest BCUT2D eigenvalue weighted by Crippen LogP contribution is -2.37. The zero-order valence-corrected chi connectivity index (χ0v) is 24.3. The monoisotopic (exact) mass is 509 g/mol. The van der Waals surface area contributed by atoms with Crippen molar-refractivity contribution in [1.82, 2.24) is 4.90 Å². The van der Waals surface area contributed by atoms with E-state index in [1.165, 1.54) is 71.3 Å². The summed E-state index contributed by atoms with van der Waals surface area (Å²) in [7, 11) is 5.62. The largest absolute Gasteiger partial charge is 0.469 e. The highest BCUT2D eigenvalue weighted by molar-refractivity contribution is 5.68. The van der Waals surface area contributed by atoms with Crippen LogP contribution in [0.15, 0.2) is 24.3 Å². The van der Waals surface area contributed by atoms with Gasteiger partial charge >= 0.3 is 5.97 Å². The normalized spacial score (nSPS) is 12.8. The van der Waals surface area contributed by atoms with Crippen LogP contribution >= 0.6 is 0 Å². The third-order valence-electron chi connectivity index (χ3n) is 6.49. The van der Waals surface area contributed by atoms with Crippen molar-refractivity contribution >= 4 is 5.97 Å². The number of carbonyl (C=O) groups excluding carboxylic acids is 1. The number of rotatable bonds is 27. The highest BCUT2D eigenvalue weighted by atomic mass is 16.5. The first-order chi connectivity index (χ1) is 17.6. The summed E-state index contributed by atoms with van der Waals surface area (Å²) >= 11 is 0. The molecule has 0 amide bonds. The van der Waals surface area contributed by atoms with Crippen LogP contribution in [0.4, 0.5) is 0 Å². The van der Waals surface area contributed by atoms with Gasteiger partial charge in [0.15, 0.2) is 0 Å². The van der Waals surface area contributed by atoms with E-state index in [2.05, 4.69) is 55.0 Å². The second kappa shape index (κ2) is 28.4. The van der Waals surface area contributed by atoms with Gasteiger partial charge < -0.3 is 19.1 Å². The summed E-state index contributed by atoms with van der Waals surface area (Å²) in [6.45, 7) is 5.31. The molecule has 0 radical (unpaired) electrons. The number of unbranched alkanes of at least 4 members (excludes halogenated alkanes) is 12. The van der Waals surface area contributed by atoms with E-state index in [1.54, 1.807) is 0 Å². The van der Waals surface area contributed by atoms with Crippen molar-refractivity contribution in [2.24, 2.45) is 0 Å². The highest BCUT2D eigenvalue weighted by Crippen LogP contribution is 2.09. The summed E-state index contributed by atoms with van der Waals surface area (Å²) in [5.74, 6) is -0.115. The van der Waals surface area contributed by atoms with Gasteiger partial charge in [0.25, 0.3) is 0 Å². The third-order valence-corrected chi connectivity index (χ3v) is 6.49. The molecule has 0 saturated heterocycles. The summed E-state index contributed by atoms with van der Waals surface area (Å²) in [5, 5.41) is 0. The van der Waals surface area contributed by atoms with Crippen molar-refractivity contribution in [3.05, 3.63) is 24.3 Å². The summed E-state index contributed by atoms with van der Waals surface area (Å²) in [5.41, 5.74) is 0. The molecule has 0 rings (SSSR count). The van der Waals surface area contributed by atoms with Crippen molar-refractivity contribution in [2.75, 3.05) is 47.6 Å². The minimum atomic E-state index is -0.115. The maximum Gasteiger partial charge on any atom is 0.305 e. The van der Waals surface area contributed by atoms with Crippen LogP contribution < -0.4 is 0 Å². The second-order valence-corrected chi connectivity index (χ2v) is 10.1. The van der Waals surface area contributed by atoms with Crippen LogP contribution in [-0.4, -0.2) is 64.5 Å². The molecule has 212 valence electrons. The first-order valence-electron chi connectivity index (χ1n) is 14.8. The van der Waals surface area contributed by atoms with Gasteiger partial charge in [-0.1, -0.05) is 82.6 Å². The van der Waals surface area contributed by atoms with E-state index in [0.717, 1.165) is 58.3 Å². The maximum atomic E-state index is 11.1. The van der Waals surface area contributed by atoms with E-state index >= 15 is 0 Å². The van der Waals surface area contributed by atoms with Crippen LogP contribution in [0.3, 0.4) is 0 Å². The van der Waals surface area contributed by atoms with Crippen molar-refractivity contribution in [3.63, 3.8) is 0 Å². The minimum Gasteiger partial charge on any atom is -0.469 e. The highest BCUT2D eigenvalue weighted by Gasteiger charge is 2.11. The summed E-state index contributed by atoms with van der Waals surface area (Å²) < 4.78 is 16.5. The third kappa shape index (κ3) is 25.9. The van der Waals surface area contributed by atoms with Crippen molar-refractivity contribution in [3.8, 4) is 0 Å². The van der Waals surface area contributed by atoms with E-state index in [4.69, 9.17) is 9.47 Å². The molecule has 0 saturated carbocycles. The molecule has 0 bridgehead atoms. The first kappa shape index (κ1) is 34.8. The molecule has 0 aliphatic heterocycles. The van der Waals surface area contributed by atoms with E-state index in [0.29, 0.717) is 19.1 Å². The Morgan fingerprint density at radius 2 is 1.19 bits per heavy atom. The molecule has 5 nitrogen and oxygen atoms in total. The lowest BCUT2D eigenvalue weighted by molar-refractivity contribution is -0.140. The number of esters is 1. The number of methoxy groups -OCH3 is 1. The van der Waals surface area contributed by atoms with E-state index in [-0.39, 0.29) is 5.97 Å². The van der Waals surface area contributed by atoms with Gasteiger partial charge in [0, 0.05) is 19.6 Å².